The molecule has 0 aromatic heterocycles. The maximum absolute atomic E-state index is 12.2. The van der Waals surface area contributed by atoms with Gasteiger partial charge >= 0.3 is 6.61 Å². The van der Waals surface area contributed by atoms with Crippen molar-refractivity contribution in [2.24, 2.45) is 0 Å². The molecule has 1 heterocycles. The zero-order valence-electron chi connectivity index (χ0n) is 11.2. The summed E-state index contributed by atoms with van der Waals surface area (Å²) in [6.07, 6.45) is 1.79. The molecule has 0 saturated carbocycles. The quantitative estimate of drug-likeness (QED) is 0.906. The highest BCUT2D eigenvalue weighted by molar-refractivity contribution is 5.49. The molecule has 1 atom stereocenters. The van der Waals surface area contributed by atoms with Crippen molar-refractivity contribution in [3.8, 4) is 5.75 Å². The number of halogens is 2. The molecule has 1 aliphatic rings. The van der Waals surface area contributed by atoms with Crippen LogP contribution in [0.4, 0.5) is 14.5 Å². The van der Waals surface area contributed by atoms with Crippen LogP contribution >= 0.6 is 0 Å². The van der Waals surface area contributed by atoms with Crippen LogP contribution in [0.5, 0.6) is 5.75 Å². The van der Waals surface area contributed by atoms with Crippen molar-refractivity contribution in [3.63, 3.8) is 0 Å². The van der Waals surface area contributed by atoms with E-state index < -0.39 is 6.61 Å². The highest BCUT2D eigenvalue weighted by Crippen LogP contribution is 2.27. The van der Waals surface area contributed by atoms with Gasteiger partial charge in [0.05, 0.1) is 5.60 Å². The van der Waals surface area contributed by atoms with Gasteiger partial charge in [0, 0.05) is 24.4 Å². The first-order valence-electron chi connectivity index (χ1n) is 6.40. The fourth-order valence-corrected chi connectivity index (χ4v) is 2.35. The fourth-order valence-electron chi connectivity index (χ4n) is 2.35. The van der Waals surface area contributed by atoms with Crippen molar-refractivity contribution in [2.75, 3.05) is 11.9 Å². The van der Waals surface area contributed by atoms with Crippen LogP contribution in [0.2, 0.25) is 0 Å². The van der Waals surface area contributed by atoms with Gasteiger partial charge in [-0.2, -0.15) is 8.78 Å². The standard InChI is InChI=1S/C14H19F2NO2/c1-14(2)9-11(6-7-18-14)17-10-4-3-5-12(8-10)19-13(15)16/h3-5,8,11,13,17H,6-7,9H2,1-2H3. The minimum atomic E-state index is -2.79. The van der Waals surface area contributed by atoms with Crippen molar-refractivity contribution in [3.05, 3.63) is 24.3 Å². The molecule has 0 spiro atoms. The molecule has 5 heteroatoms. The molecule has 3 nitrogen and oxygen atoms in total. The number of hydrogen-bond donors (Lipinski definition) is 1. The predicted octanol–water partition coefficient (Wildman–Crippen LogP) is 3.66. The van der Waals surface area contributed by atoms with E-state index in [0.29, 0.717) is 6.61 Å². The monoisotopic (exact) mass is 271 g/mol. The molecule has 19 heavy (non-hydrogen) atoms. The van der Waals surface area contributed by atoms with Crippen LogP contribution in [0.3, 0.4) is 0 Å². The van der Waals surface area contributed by atoms with Crippen LogP contribution in [0.15, 0.2) is 24.3 Å². The minimum Gasteiger partial charge on any atom is -0.435 e. The summed E-state index contributed by atoms with van der Waals surface area (Å²) in [6, 6.07) is 6.94. The summed E-state index contributed by atoms with van der Waals surface area (Å²) in [7, 11) is 0. The zero-order valence-corrected chi connectivity index (χ0v) is 11.2. The average Bonchev–Trinajstić information content (AvgIpc) is 2.26. The third-order valence-corrected chi connectivity index (χ3v) is 3.13. The summed E-state index contributed by atoms with van der Waals surface area (Å²) in [4.78, 5) is 0. The highest BCUT2D eigenvalue weighted by Gasteiger charge is 2.28. The van der Waals surface area contributed by atoms with Crippen molar-refractivity contribution in [1.29, 1.82) is 0 Å². The lowest BCUT2D eigenvalue weighted by atomic mass is 9.94. The van der Waals surface area contributed by atoms with E-state index in [0.717, 1.165) is 18.5 Å². The molecule has 1 aromatic carbocycles. The van der Waals surface area contributed by atoms with Gasteiger partial charge in [-0.3, -0.25) is 0 Å². The van der Waals surface area contributed by atoms with E-state index in [1.54, 1.807) is 12.1 Å². The first-order valence-corrected chi connectivity index (χ1v) is 6.40. The van der Waals surface area contributed by atoms with E-state index in [1.807, 2.05) is 6.07 Å². The Hall–Kier alpha value is -1.36. The van der Waals surface area contributed by atoms with Gasteiger partial charge in [0.1, 0.15) is 5.75 Å². The summed E-state index contributed by atoms with van der Waals surface area (Å²) in [6.45, 7) is 2.02. The Balaban J connectivity index is 1.98. The molecule has 1 aromatic rings. The van der Waals surface area contributed by atoms with E-state index in [9.17, 15) is 8.78 Å². The van der Waals surface area contributed by atoms with Crippen LogP contribution in [-0.4, -0.2) is 24.9 Å². The Kier molecular flexibility index (Phi) is 4.24. The third-order valence-electron chi connectivity index (χ3n) is 3.13. The number of rotatable bonds is 4. The second-order valence-corrected chi connectivity index (χ2v) is 5.35. The van der Waals surface area contributed by atoms with Crippen molar-refractivity contribution >= 4 is 5.69 Å². The summed E-state index contributed by atoms with van der Waals surface area (Å²) < 4.78 is 34.3. The number of ether oxygens (including phenoxy) is 2. The summed E-state index contributed by atoms with van der Waals surface area (Å²) in [5.74, 6) is 0.173. The highest BCUT2D eigenvalue weighted by atomic mass is 19.3. The van der Waals surface area contributed by atoms with Crippen LogP contribution in [0, 0.1) is 0 Å². The molecule has 0 aliphatic carbocycles. The fraction of sp³-hybridized carbons (Fsp3) is 0.571. The van der Waals surface area contributed by atoms with Crippen LogP contribution in [0.1, 0.15) is 26.7 Å². The Bertz CT molecular complexity index is 424. The maximum atomic E-state index is 12.2. The van der Waals surface area contributed by atoms with E-state index >= 15 is 0 Å². The van der Waals surface area contributed by atoms with Crippen LogP contribution < -0.4 is 10.1 Å². The SMILES string of the molecule is CC1(C)CC(Nc2cccc(OC(F)F)c2)CCO1. The van der Waals surface area contributed by atoms with Crippen molar-refractivity contribution < 1.29 is 18.3 Å². The largest absolute Gasteiger partial charge is 0.435 e. The topological polar surface area (TPSA) is 30.5 Å². The molecule has 1 aliphatic heterocycles. The van der Waals surface area contributed by atoms with Crippen LogP contribution in [-0.2, 0) is 4.74 Å². The van der Waals surface area contributed by atoms with Crippen LogP contribution in [0.25, 0.3) is 0 Å². The molecule has 1 saturated heterocycles. The maximum Gasteiger partial charge on any atom is 0.387 e. The van der Waals surface area contributed by atoms with Crippen molar-refractivity contribution in [1.82, 2.24) is 0 Å². The molecule has 106 valence electrons. The molecule has 1 fully saturated rings. The van der Waals surface area contributed by atoms with Gasteiger partial charge in [-0.15, -0.1) is 0 Å². The molecule has 1 N–H and O–H groups in total. The molecule has 0 radical (unpaired) electrons. The Morgan fingerprint density at radius 2 is 2.21 bits per heavy atom. The number of anilines is 1. The first kappa shape index (κ1) is 14.1. The van der Waals surface area contributed by atoms with Gasteiger partial charge in [0.25, 0.3) is 0 Å². The Morgan fingerprint density at radius 1 is 1.42 bits per heavy atom. The lowest BCUT2D eigenvalue weighted by Gasteiger charge is -2.36. The molecule has 2 rings (SSSR count). The smallest absolute Gasteiger partial charge is 0.387 e. The second-order valence-electron chi connectivity index (χ2n) is 5.35. The van der Waals surface area contributed by atoms with Gasteiger partial charge < -0.3 is 14.8 Å². The first-order chi connectivity index (χ1) is 8.94. The van der Waals surface area contributed by atoms with Gasteiger partial charge in [0.15, 0.2) is 0 Å². The Morgan fingerprint density at radius 3 is 2.89 bits per heavy atom. The van der Waals surface area contributed by atoms with E-state index in [-0.39, 0.29) is 17.4 Å². The normalized spacial score (nSPS) is 22.3. The lowest BCUT2D eigenvalue weighted by molar-refractivity contribution is -0.0553. The van der Waals surface area contributed by atoms with Gasteiger partial charge in [-0.1, -0.05) is 6.07 Å². The van der Waals surface area contributed by atoms with Crippen molar-refractivity contribution in [2.45, 2.75) is 44.9 Å². The van der Waals surface area contributed by atoms with Gasteiger partial charge in [0.2, 0.25) is 0 Å². The molecule has 0 amide bonds. The lowest BCUT2D eigenvalue weighted by Crippen LogP contribution is -2.40. The molecule has 1 unspecified atom stereocenters. The van der Waals surface area contributed by atoms with E-state index in [4.69, 9.17) is 4.74 Å². The summed E-state index contributed by atoms with van der Waals surface area (Å²) in [5, 5.41) is 3.35. The van der Waals surface area contributed by atoms with Gasteiger partial charge in [-0.05, 0) is 38.8 Å². The number of alkyl halides is 2. The second kappa shape index (κ2) is 5.74. The number of nitrogens with one attached hydrogen (secondary N) is 1. The average molecular weight is 271 g/mol. The Labute approximate surface area is 111 Å². The minimum absolute atomic E-state index is 0.146. The third kappa shape index (κ3) is 4.35. The van der Waals surface area contributed by atoms with E-state index in [2.05, 4.69) is 23.9 Å². The molecule has 0 bridgehead atoms. The zero-order chi connectivity index (χ0) is 13.9. The molecular weight excluding hydrogens is 252 g/mol. The van der Waals surface area contributed by atoms with Gasteiger partial charge in [-0.25, -0.2) is 0 Å². The number of hydrogen-bond acceptors (Lipinski definition) is 3. The summed E-state index contributed by atoms with van der Waals surface area (Å²) in [5.41, 5.74) is 0.647. The number of benzene rings is 1. The molecular formula is C14H19F2NO2. The van der Waals surface area contributed by atoms with E-state index in [1.165, 1.54) is 6.07 Å². The summed E-state index contributed by atoms with van der Waals surface area (Å²) >= 11 is 0. The predicted molar refractivity (Wildman–Crippen MR) is 69.7 cm³/mol.